The van der Waals surface area contributed by atoms with Crippen molar-refractivity contribution in [1.29, 1.82) is 0 Å². The number of hydrogen-bond donors (Lipinski definition) is 1. The molecule has 30 heavy (non-hydrogen) atoms. The van der Waals surface area contributed by atoms with Crippen LogP contribution in [-0.4, -0.2) is 34.6 Å². The zero-order valence-corrected chi connectivity index (χ0v) is 17.9. The van der Waals surface area contributed by atoms with Gasteiger partial charge in [0.1, 0.15) is 11.6 Å². The van der Waals surface area contributed by atoms with Gasteiger partial charge in [-0.3, -0.25) is 9.69 Å². The summed E-state index contributed by atoms with van der Waals surface area (Å²) in [4.78, 5) is 27.1. The van der Waals surface area contributed by atoms with Crippen molar-refractivity contribution in [2.45, 2.75) is 51.3 Å². The largest absolute Gasteiger partial charge is 0.444 e. The Bertz CT molecular complexity index is 1000. The third kappa shape index (κ3) is 4.01. The second-order valence-corrected chi connectivity index (χ2v) is 9.25. The minimum Gasteiger partial charge on any atom is -0.444 e. The number of carbonyl (C=O) groups is 2. The predicted octanol–water partition coefficient (Wildman–Crippen LogP) is 5.48. The van der Waals surface area contributed by atoms with Crippen LogP contribution in [0.5, 0.6) is 0 Å². The molecule has 0 radical (unpaired) electrons. The van der Waals surface area contributed by atoms with Crippen molar-refractivity contribution in [3.63, 3.8) is 0 Å². The lowest BCUT2D eigenvalue weighted by Crippen LogP contribution is -2.47. The molecule has 2 aromatic carbocycles. The fraction of sp³-hybridized carbons (Fsp3) is 0.391. The number of rotatable bonds is 3. The highest BCUT2D eigenvalue weighted by atomic mass is 35.5. The van der Waals surface area contributed by atoms with Crippen molar-refractivity contribution in [2.24, 2.45) is 5.92 Å². The molecule has 2 aliphatic rings. The van der Waals surface area contributed by atoms with Gasteiger partial charge in [0.25, 0.3) is 0 Å². The van der Waals surface area contributed by atoms with E-state index in [0.717, 1.165) is 6.42 Å². The predicted molar refractivity (Wildman–Crippen MR) is 114 cm³/mol. The SMILES string of the molecule is CC(C)(C)OC(=O)N1[C@@H]2C[C@H]2C[C@H]1C(=O)Nc1cccc(-c2ccccc2Cl)c1F. The first kappa shape index (κ1) is 20.7. The van der Waals surface area contributed by atoms with Crippen LogP contribution < -0.4 is 5.32 Å². The highest BCUT2D eigenvalue weighted by molar-refractivity contribution is 6.33. The van der Waals surface area contributed by atoms with E-state index < -0.39 is 29.5 Å². The van der Waals surface area contributed by atoms with Gasteiger partial charge >= 0.3 is 6.09 Å². The summed E-state index contributed by atoms with van der Waals surface area (Å²) in [5.41, 5.74) is 0.254. The topological polar surface area (TPSA) is 58.6 Å². The Balaban J connectivity index is 1.55. The van der Waals surface area contributed by atoms with Crippen molar-refractivity contribution in [3.8, 4) is 11.1 Å². The Morgan fingerprint density at radius 1 is 1.10 bits per heavy atom. The number of ether oxygens (including phenoxy) is 1. The molecule has 4 rings (SSSR count). The van der Waals surface area contributed by atoms with Crippen molar-refractivity contribution in [2.75, 3.05) is 5.32 Å². The molecule has 0 unspecified atom stereocenters. The van der Waals surface area contributed by atoms with E-state index in [2.05, 4.69) is 5.32 Å². The maximum atomic E-state index is 15.2. The van der Waals surface area contributed by atoms with E-state index in [0.29, 0.717) is 28.5 Å². The maximum Gasteiger partial charge on any atom is 0.411 e. The molecule has 5 nitrogen and oxygen atoms in total. The Kier molecular flexibility index (Phi) is 5.22. The normalized spacial score (nSPS) is 22.4. The molecule has 2 fully saturated rings. The number of carbonyl (C=O) groups excluding carboxylic acids is 2. The lowest BCUT2D eigenvalue weighted by Gasteiger charge is -2.30. The second kappa shape index (κ2) is 7.58. The molecule has 0 aromatic heterocycles. The van der Waals surface area contributed by atoms with Gasteiger partial charge in [0.2, 0.25) is 5.91 Å². The number of likely N-dealkylation sites (tertiary alicyclic amines) is 1. The van der Waals surface area contributed by atoms with Crippen molar-refractivity contribution < 1.29 is 18.7 Å². The summed E-state index contributed by atoms with van der Waals surface area (Å²) in [6.07, 6.45) is 0.930. The lowest BCUT2D eigenvalue weighted by molar-refractivity contribution is -0.121. The van der Waals surface area contributed by atoms with Crippen molar-refractivity contribution >= 4 is 29.3 Å². The number of piperidine rings is 1. The summed E-state index contributed by atoms with van der Waals surface area (Å²) in [5.74, 6) is -0.679. The molecule has 7 heteroatoms. The number of anilines is 1. The summed E-state index contributed by atoms with van der Waals surface area (Å²) in [7, 11) is 0. The first-order chi connectivity index (χ1) is 14.2. The highest BCUT2D eigenvalue weighted by Crippen LogP contribution is 2.48. The van der Waals surface area contributed by atoms with Gasteiger partial charge in [-0.15, -0.1) is 0 Å². The monoisotopic (exact) mass is 430 g/mol. The molecule has 2 amide bonds. The molecule has 0 spiro atoms. The van der Waals surface area contributed by atoms with Gasteiger partial charge in [-0.25, -0.2) is 9.18 Å². The van der Waals surface area contributed by atoms with Gasteiger partial charge in [-0.05, 0) is 51.7 Å². The van der Waals surface area contributed by atoms with Gasteiger partial charge in [0, 0.05) is 22.2 Å². The summed E-state index contributed by atoms with van der Waals surface area (Å²) in [6.45, 7) is 5.36. The average Bonchev–Trinajstić information content (AvgIpc) is 3.32. The fourth-order valence-corrected chi connectivity index (χ4v) is 4.24. The quantitative estimate of drug-likeness (QED) is 0.701. The first-order valence-corrected chi connectivity index (χ1v) is 10.4. The Labute approximate surface area is 180 Å². The van der Waals surface area contributed by atoms with E-state index >= 15 is 4.39 Å². The Morgan fingerprint density at radius 2 is 1.80 bits per heavy atom. The van der Waals surface area contributed by atoms with Gasteiger partial charge in [-0.1, -0.05) is 41.9 Å². The summed E-state index contributed by atoms with van der Waals surface area (Å²) >= 11 is 6.21. The number of fused-ring (bicyclic) bond motifs is 1. The average molecular weight is 431 g/mol. The smallest absolute Gasteiger partial charge is 0.411 e. The van der Waals surface area contributed by atoms with E-state index in [4.69, 9.17) is 16.3 Å². The van der Waals surface area contributed by atoms with Crippen LogP contribution in [0.4, 0.5) is 14.9 Å². The Hall–Kier alpha value is -2.60. The zero-order chi connectivity index (χ0) is 21.6. The van der Waals surface area contributed by atoms with Crippen LogP contribution >= 0.6 is 11.6 Å². The van der Waals surface area contributed by atoms with Crippen molar-refractivity contribution in [3.05, 3.63) is 53.3 Å². The van der Waals surface area contributed by atoms with Crippen LogP contribution in [0.25, 0.3) is 11.1 Å². The number of amides is 2. The van der Waals surface area contributed by atoms with Crippen LogP contribution in [-0.2, 0) is 9.53 Å². The summed E-state index contributed by atoms with van der Waals surface area (Å²) in [5, 5.41) is 3.09. The molecule has 1 saturated heterocycles. The van der Waals surface area contributed by atoms with E-state index in [-0.39, 0.29) is 11.7 Å². The zero-order valence-electron chi connectivity index (χ0n) is 17.1. The molecular weight excluding hydrogens is 407 g/mol. The van der Waals surface area contributed by atoms with Crippen LogP contribution in [0.2, 0.25) is 5.02 Å². The molecule has 1 aliphatic heterocycles. The Morgan fingerprint density at radius 3 is 2.50 bits per heavy atom. The maximum absolute atomic E-state index is 15.2. The third-order valence-corrected chi connectivity index (χ3v) is 5.76. The van der Waals surface area contributed by atoms with E-state index in [1.807, 2.05) is 0 Å². The molecule has 158 valence electrons. The number of nitrogens with zero attached hydrogens (tertiary/aromatic N) is 1. The molecule has 1 heterocycles. The van der Waals surface area contributed by atoms with E-state index in [1.165, 1.54) is 11.0 Å². The van der Waals surface area contributed by atoms with E-state index in [1.54, 1.807) is 57.2 Å². The second-order valence-electron chi connectivity index (χ2n) is 8.84. The van der Waals surface area contributed by atoms with Gasteiger partial charge in [0.05, 0.1) is 5.69 Å². The minimum atomic E-state index is -0.674. The number of nitrogens with one attached hydrogen (secondary N) is 1. The molecule has 1 aliphatic carbocycles. The molecule has 3 atom stereocenters. The minimum absolute atomic E-state index is 0.0231. The van der Waals surface area contributed by atoms with Gasteiger partial charge in [-0.2, -0.15) is 0 Å². The van der Waals surface area contributed by atoms with Gasteiger partial charge in [0.15, 0.2) is 5.82 Å². The molecule has 1 N–H and O–H groups in total. The number of halogens is 2. The summed E-state index contributed by atoms with van der Waals surface area (Å²) < 4.78 is 20.7. The molecule has 2 aromatic rings. The standard InChI is InChI=1S/C23H24ClFN2O3/c1-23(2,3)30-22(29)27-18-11-13(18)12-19(27)21(28)26-17-10-6-8-15(20(17)25)14-7-4-5-9-16(14)24/h4-10,13,18-19H,11-12H2,1-3H3,(H,26,28)/t13-,18+,19-/m0/s1. The summed E-state index contributed by atoms with van der Waals surface area (Å²) in [6, 6.07) is 11.1. The van der Waals surface area contributed by atoms with E-state index in [9.17, 15) is 9.59 Å². The van der Waals surface area contributed by atoms with Crippen LogP contribution in [0.15, 0.2) is 42.5 Å². The molecular formula is C23H24ClFN2O3. The van der Waals surface area contributed by atoms with Crippen LogP contribution in [0.1, 0.15) is 33.6 Å². The number of benzene rings is 2. The van der Waals surface area contributed by atoms with Crippen LogP contribution in [0.3, 0.4) is 0 Å². The van der Waals surface area contributed by atoms with Crippen molar-refractivity contribution in [1.82, 2.24) is 4.90 Å². The molecule has 1 saturated carbocycles. The van der Waals surface area contributed by atoms with Gasteiger partial charge < -0.3 is 10.1 Å². The lowest BCUT2D eigenvalue weighted by atomic mass is 10.0. The van der Waals surface area contributed by atoms with Crippen LogP contribution in [0, 0.1) is 11.7 Å². The molecule has 0 bridgehead atoms. The first-order valence-electron chi connectivity index (χ1n) is 10.0. The highest BCUT2D eigenvalue weighted by Gasteiger charge is 2.57. The third-order valence-electron chi connectivity index (χ3n) is 5.43. The fourth-order valence-electron chi connectivity index (χ4n) is 4.00. The number of hydrogen-bond acceptors (Lipinski definition) is 3.